The molecule has 0 radical (unpaired) electrons. The van der Waals surface area contributed by atoms with Crippen molar-refractivity contribution >= 4 is 99.7 Å². The molecule has 0 aliphatic heterocycles. The van der Waals surface area contributed by atoms with Crippen LogP contribution >= 0.6 is 0 Å². The lowest BCUT2D eigenvalue weighted by atomic mass is 10.1. The van der Waals surface area contributed by atoms with Crippen LogP contribution in [0.15, 0.2) is 46.2 Å². The summed E-state index contributed by atoms with van der Waals surface area (Å²) in [6.45, 7) is -2.33. The molecule has 13 N–H and O–H groups in total. The second-order valence-electron chi connectivity index (χ2n) is 13.0. The minimum atomic E-state index is -5.01. The van der Waals surface area contributed by atoms with Crippen LogP contribution in [0.1, 0.15) is 11.1 Å². The van der Waals surface area contributed by atoms with Crippen LogP contribution in [-0.4, -0.2) is 172 Å². The van der Waals surface area contributed by atoms with E-state index in [-0.39, 0.29) is 84.4 Å². The highest BCUT2D eigenvalue weighted by molar-refractivity contribution is 7.86. The summed E-state index contributed by atoms with van der Waals surface area (Å²) in [5.74, 6) is -2.75. The summed E-state index contributed by atoms with van der Waals surface area (Å²) >= 11 is 0. The van der Waals surface area contributed by atoms with E-state index in [2.05, 4.69) is 56.5 Å². The minimum Gasteiger partial charge on any atom is -0.394 e. The Balaban J connectivity index is 1.66. The Hall–Kier alpha value is -5.52. The molecular formula is C31H42N12O16S4. The lowest BCUT2D eigenvalue weighted by molar-refractivity contribution is 0.101. The van der Waals surface area contributed by atoms with E-state index in [1.807, 2.05) is 0 Å². The van der Waals surface area contributed by atoms with E-state index in [4.69, 9.17) is 14.2 Å². The summed E-state index contributed by atoms with van der Waals surface area (Å²) in [4.78, 5) is 24.4. The van der Waals surface area contributed by atoms with E-state index in [1.165, 1.54) is 36.2 Å². The SMILES string of the molecule is CN(CC(O)CO)c1nc(NCCS(=O)(=O)O)nc(Nc2ccc(/C=C/c3ccc(Nc4nc(NCCS(=O)(=O)O)nc(NCC(O)CO)n4)cc3S(=O)(=O)O)c(S(=O)(=O)O)c2)n1. The van der Waals surface area contributed by atoms with Crippen molar-refractivity contribution in [1.82, 2.24) is 29.9 Å². The van der Waals surface area contributed by atoms with E-state index in [0.29, 0.717) is 0 Å². The standard InChI is InChI=1S/C31H42N12O16S4/c1-43(15-23(47)17-45)31-41-27(33-9-11-61(51,52)53)39-30(42-31)36-21-7-5-19(25(13-21)63(57,58)59)3-2-18-4-6-20(12-24(18)62(54,55)56)35-29-38-26(32-8-10-60(48,49)50)37-28(40-29)34-14-22(46)16-44/h2-7,12-13,22-23,44-47H,8-11,14-17H2,1H3,(H,48,49,50)(H,51,52,53)(H,54,55,56)(H,57,58,59)(H2,33,36,39,41,42)(H3,32,34,35,37,38,40)/b3-2+. The van der Waals surface area contributed by atoms with Gasteiger partial charge in [-0.05, 0) is 35.4 Å². The van der Waals surface area contributed by atoms with Crippen molar-refractivity contribution in [3.63, 3.8) is 0 Å². The second-order valence-corrected chi connectivity index (χ2v) is 18.9. The molecule has 2 aromatic carbocycles. The number of aliphatic hydroxyl groups is 4. The van der Waals surface area contributed by atoms with Crippen LogP contribution in [0, 0.1) is 0 Å². The van der Waals surface area contributed by atoms with Crippen LogP contribution in [-0.2, 0) is 40.5 Å². The number of hydrogen-bond acceptors (Lipinski definition) is 24. The van der Waals surface area contributed by atoms with Crippen molar-refractivity contribution in [2.45, 2.75) is 22.0 Å². The van der Waals surface area contributed by atoms with E-state index in [1.54, 1.807) is 0 Å². The number of likely N-dealkylation sites (N-methyl/N-ethyl adjacent to an activating group) is 1. The lowest BCUT2D eigenvalue weighted by Crippen LogP contribution is -2.32. The molecule has 2 aromatic heterocycles. The summed E-state index contributed by atoms with van der Waals surface area (Å²) in [6, 6.07) is 6.95. The van der Waals surface area contributed by atoms with Crippen molar-refractivity contribution in [3.05, 3.63) is 47.5 Å². The first-order valence-corrected chi connectivity index (χ1v) is 23.8. The molecule has 28 nitrogen and oxygen atoms in total. The zero-order chi connectivity index (χ0) is 46.8. The largest absolute Gasteiger partial charge is 0.394 e. The summed E-state index contributed by atoms with van der Waals surface area (Å²) < 4.78 is 133. The fraction of sp³-hybridized carbons (Fsp3) is 0.355. The van der Waals surface area contributed by atoms with Gasteiger partial charge < -0.3 is 51.9 Å². The number of hydrogen-bond donors (Lipinski definition) is 13. The smallest absolute Gasteiger partial charge is 0.295 e. The molecule has 2 heterocycles. The topological polar surface area (TPSA) is 439 Å². The fourth-order valence-corrected chi connectivity index (χ4v) is 7.10. The summed E-state index contributed by atoms with van der Waals surface area (Å²) in [5, 5.41) is 51.1. The molecule has 0 bridgehead atoms. The van der Waals surface area contributed by atoms with Crippen LogP contribution in [0.2, 0.25) is 0 Å². The molecule has 0 saturated heterocycles. The van der Waals surface area contributed by atoms with Crippen LogP contribution in [0.3, 0.4) is 0 Å². The molecule has 346 valence electrons. The van der Waals surface area contributed by atoms with Crippen molar-refractivity contribution in [2.24, 2.45) is 0 Å². The number of nitrogens with one attached hydrogen (secondary N) is 5. The summed E-state index contributed by atoms with van der Waals surface area (Å²) in [5.41, 5.74) is -0.443. The molecule has 0 spiro atoms. The third kappa shape index (κ3) is 16.6. The van der Waals surface area contributed by atoms with Gasteiger partial charge in [-0.25, -0.2) is 0 Å². The molecule has 32 heteroatoms. The van der Waals surface area contributed by atoms with E-state index in [9.17, 15) is 58.1 Å². The molecule has 63 heavy (non-hydrogen) atoms. The van der Waals surface area contributed by atoms with E-state index >= 15 is 0 Å². The van der Waals surface area contributed by atoms with E-state index in [0.717, 1.165) is 24.3 Å². The van der Waals surface area contributed by atoms with Gasteiger partial charge in [0.25, 0.3) is 40.5 Å². The number of rotatable bonds is 24. The van der Waals surface area contributed by atoms with Crippen molar-refractivity contribution < 1.29 is 72.3 Å². The highest BCUT2D eigenvalue weighted by atomic mass is 32.2. The van der Waals surface area contributed by atoms with Gasteiger partial charge in [-0.2, -0.15) is 63.6 Å². The predicted octanol–water partition coefficient (Wildman–Crippen LogP) is -1.64. The Morgan fingerprint density at radius 3 is 1.41 bits per heavy atom. The van der Waals surface area contributed by atoms with E-state index < -0.39 is 87.2 Å². The number of aliphatic hydroxyl groups excluding tert-OH is 4. The first-order valence-electron chi connectivity index (χ1n) is 17.7. The van der Waals surface area contributed by atoms with Crippen molar-refractivity contribution in [1.29, 1.82) is 0 Å². The number of anilines is 8. The average molecular weight is 967 g/mol. The maximum Gasteiger partial charge on any atom is 0.295 e. The Kier molecular flexibility index (Phi) is 16.9. The summed E-state index contributed by atoms with van der Waals surface area (Å²) in [6.07, 6.45) is -0.227. The van der Waals surface area contributed by atoms with Gasteiger partial charge in [0, 0.05) is 44.6 Å². The molecule has 2 unspecified atom stereocenters. The normalized spacial score (nSPS) is 13.3. The van der Waals surface area contributed by atoms with Gasteiger partial charge in [0.1, 0.15) is 9.79 Å². The maximum atomic E-state index is 12.6. The quantitative estimate of drug-likeness (QED) is 0.0277. The first-order chi connectivity index (χ1) is 29.3. The van der Waals surface area contributed by atoms with Crippen LogP contribution in [0.4, 0.5) is 47.1 Å². The average Bonchev–Trinajstić information content (AvgIpc) is 3.17. The molecular weight excluding hydrogens is 925 g/mol. The Labute approximate surface area is 359 Å². The highest BCUT2D eigenvalue weighted by Gasteiger charge is 2.20. The van der Waals surface area contributed by atoms with Gasteiger partial charge in [-0.15, -0.1) is 0 Å². The second kappa shape index (κ2) is 21.2. The van der Waals surface area contributed by atoms with Gasteiger partial charge in [0.15, 0.2) is 0 Å². The Bertz CT molecular complexity index is 2730. The van der Waals surface area contributed by atoms with Crippen LogP contribution in [0.25, 0.3) is 12.2 Å². The van der Waals surface area contributed by atoms with Gasteiger partial charge in [0.05, 0.1) is 36.9 Å². The Morgan fingerprint density at radius 1 is 0.587 bits per heavy atom. The molecule has 4 rings (SSSR count). The molecule has 0 aliphatic rings. The zero-order valence-corrected chi connectivity index (χ0v) is 35.8. The predicted molar refractivity (Wildman–Crippen MR) is 225 cm³/mol. The summed E-state index contributed by atoms with van der Waals surface area (Å²) in [7, 11) is -17.3. The molecule has 0 amide bonds. The Morgan fingerprint density at radius 2 is 0.984 bits per heavy atom. The van der Waals surface area contributed by atoms with Gasteiger partial charge in [-0.1, -0.05) is 24.3 Å². The molecule has 0 fully saturated rings. The molecule has 4 aromatic rings. The van der Waals surface area contributed by atoms with Gasteiger partial charge in [0.2, 0.25) is 35.7 Å². The fourth-order valence-electron chi connectivity index (χ4n) is 4.96. The number of benzene rings is 2. The third-order valence-corrected chi connectivity index (χ3v) is 11.1. The lowest BCUT2D eigenvalue weighted by Gasteiger charge is -2.20. The molecule has 0 saturated carbocycles. The molecule has 2 atom stereocenters. The molecule has 0 aliphatic carbocycles. The highest BCUT2D eigenvalue weighted by Crippen LogP contribution is 2.28. The zero-order valence-electron chi connectivity index (χ0n) is 32.5. The van der Waals surface area contributed by atoms with Gasteiger partial charge >= 0.3 is 0 Å². The monoisotopic (exact) mass is 966 g/mol. The number of nitrogens with zero attached hydrogens (tertiary/aromatic N) is 7. The van der Waals surface area contributed by atoms with Crippen LogP contribution in [0.5, 0.6) is 0 Å². The number of aromatic nitrogens is 6. The van der Waals surface area contributed by atoms with Crippen LogP contribution < -0.4 is 31.5 Å². The minimum absolute atomic E-state index is 0.0361. The maximum absolute atomic E-state index is 12.6. The third-order valence-electron chi connectivity index (χ3n) is 7.83. The van der Waals surface area contributed by atoms with Crippen molar-refractivity contribution in [3.8, 4) is 0 Å². The van der Waals surface area contributed by atoms with Gasteiger partial charge in [-0.3, -0.25) is 18.2 Å². The first kappa shape index (κ1) is 50.1. The van der Waals surface area contributed by atoms with Crippen molar-refractivity contribution in [2.75, 3.05) is 89.4 Å².